The van der Waals surface area contributed by atoms with E-state index in [-0.39, 0.29) is 35.0 Å². The summed E-state index contributed by atoms with van der Waals surface area (Å²) in [5, 5.41) is 13.7. The maximum absolute atomic E-state index is 11.8. The number of nitrogens with zero attached hydrogens (tertiary/aromatic N) is 1. The Labute approximate surface area is 127 Å². The van der Waals surface area contributed by atoms with Gasteiger partial charge in [0, 0.05) is 6.04 Å². The topological polar surface area (TPSA) is 81.5 Å². The van der Waals surface area contributed by atoms with E-state index < -0.39 is 4.92 Å². The highest BCUT2D eigenvalue weighted by Crippen LogP contribution is 2.28. The van der Waals surface area contributed by atoms with Crippen LogP contribution >= 0.6 is 11.6 Å². The van der Waals surface area contributed by atoms with E-state index in [0.717, 1.165) is 25.7 Å². The van der Waals surface area contributed by atoms with E-state index in [4.69, 9.17) is 16.3 Å². The first-order chi connectivity index (χ1) is 10.1. The Balaban J connectivity index is 1.86. The van der Waals surface area contributed by atoms with Crippen LogP contribution in [0.4, 0.5) is 5.69 Å². The Morgan fingerprint density at radius 3 is 2.76 bits per heavy atom. The third-order valence-electron chi connectivity index (χ3n) is 3.45. The number of ether oxygens (including phenoxy) is 1. The van der Waals surface area contributed by atoms with Gasteiger partial charge >= 0.3 is 0 Å². The quantitative estimate of drug-likeness (QED) is 0.669. The molecule has 0 spiro atoms. The first-order valence-electron chi connectivity index (χ1n) is 6.92. The molecule has 0 heterocycles. The number of nitrogens with one attached hydrogen (secondary N) is 1. The monoisotopic (exact) mass is 312 g/mol. The maximum atomic E-state index is 11.8. The Hall–Kier alpha value is -1.82. The molecular formula is C14H17ClN2O4. The lowest BCUT2D eigenvalue weighted by Gasteiger charge is -2.22. The molecule has 1 fully saturated rings. The Morgan fingerprint density at radius 2 is 2.10 bits per heavy atom. The van der Waals surface area contributed by atoms with Crippen molar-refractivity contribution in [2.75, 3.05) is 6.61 Å². The summed E-state index contributed by atoms with van der Waals surface area (Å²) in [5.41, 5.74) is -0.234. The zero-order chi connectivity index (χ0) is 15.2. The van der Waals surface area contributed by atoms with Gasteiger partial charge < -0.3 is 10.1 Å². The molecule has 6 nitrogen and oxygen atoms in total. The van der Waals surface area contributed by atoms with Crippen LogP contribution in [0.5, 0.6) is 5.75 Å². The Morgan fingerprint density at radius 1 is 1.38 bits per heavy atom. The van der Waals surface area contributed by atoms with Gasteiger partial charge in [0.05, 0.1) is 11.0 Å². The first kappa shape index (κ1) is 15.6. The summed E-state index contributed by atoms with van der Waals surface area (Å²) in [5.74, 6) is 0.0457. The van der Waals surface area contributed by atoms with Crippen molar-refractivity contribution in [1.82, 2.24) is 5.32 Å². The van der Waals surface area contributed by atoms with Gasteiger partial charge in [0.15, 0.2) is 6.61 Å². The van der Waals surface area contributed by atoms with E-state index in [2.05, 4.69) is 5.32 Å². The number of hydrogen-bond donors (Lipinski definition) is 1. The van der Waals surface area contributed by atoms with Gasteiger partial charge in [-0.3, -0.25) is 14.9 Å². The lowest BCUT2D eigenvalue weighted by atomic mass is 9.95. The lowest BCUT2D eigenvalue weighted by molar-refractivity contribution is -0.384. The number of rotatable bonds is 5. The van der Waals surface area contributed by atoms with Crippen LogP contribution < -0.4 is 10.1 Å². The number of amides is 1. The molecule has 0 aliphatic heterocycles. The van der Waals surface area contributed by atoms with Gasteiger partial charge in [0.1, 0.15) is 10.8 Å². The largest absolute Gasteiger partial charge is 0.484 e. The van der Waals surface area contributed by atoms with Crippen molar-refractivity contribution in [3.8, 4) is 5.75 Å². The number of halogens is 1. The standard InChI is InChI=1S/C14H17ClN2O4/c15-12-7-6-11(8-13(12)17(19)20)21-9-14(18)16-10-4-2-1-3-5-10/h6-8,10H,1-5,9H2,(H,16,18). The molecule has 0 unspecified atom stereocenters. The van der Waals surface area contributed by atoms with E-state index in [1.165, 1.54) is 24.6 Å². The van der Waals surface area contributed by atoms with Crippen molar-refractivity contribution in [3.05, 3.63) is 33.3 Å². The van der Waals surface area contributed by atoms with E-state index in [0.29, 0.717) is 0 Å². The number of nitro benzene ring substituents is 1. The van der Waals surface area contributed by atoms with Crippen molar-refractivity contribution in [2.45, 2.75) is 38.1 Å². The van der Waals surface area contributed by atoms with Crippen LogP contribution in [0.25, 0.3) is 0 Å². The van der Waals surface area contributed by atoms with Gasteiger partial charge in [-0.1, -0.05) is 30.9 Å². The number of benzene rings is 1. The molecule has 114 valence electrons. The van der Waals surface area contributed by atoms with Crippen molar-refractivity contribution < 1.29 is 14.5 Å². The first-order valence-corrected chi connectivity index (χ1v) is 7.30. The number of hydrogen-bond acceptors (Lipinski definition) is 4. The Bertz CT molecular complexity index is 530. The number of carbonyl (C=O) groups excluding carboxylic acids is 1. The van der Waals surface area contributed by atoms with Crippen LogP contribution in [0.15, 0.2) is 18.2 Å². The normalized spacial score (nSPS) is 15.5. The molecule has 1 aliphatic carbocycles. The van der Waals surface area contributed by atoms with Crippen molar-refractivity contribution >= 4 is 23.2 Å². The van der Waals surface area contributed by atoms with Crippen LogP contribution in [0.1, 0.15) is 32.1 Å². The fourth-order valence-electron chi connectivity index (χ4n) is 2.39. The van der Waals surface area contributed by atoms with Crippen molar-refractivity contribution in [2.24, 2.45) is 0 Å². The summed E-state index contributed by atoms with van der Waals surface area (Å²) in [6, 6.07) is 4.32. The smallest absolute Gasteiger partial charge is 0.291 e. The summed E-state index contributed by atoms with van der Waals surface area (Å²) in [6.07, 6.45) is 5.48. The molecular weight excluding hydrogens is 296 g/mol. The number of carbonyl (C=O) groups is 1. The average Bonchev–Trinajstić information content (AvgIpc) is 2.47. The van der Waals surface area contributed by atoms with E-state index >= 15 is 0 Å². The molecule has 0 bridgehead atoms. The highest BCUT2D eigenvalue weighted by Gasteiger charge is 2.17. The minimum absolute atomic E-state index is 0.0407. The maximum Gasteiger partial charge on any atom is 0.291 e. The summed E-state index contributed by atoms with van der Waals surface area (Å²) in [4.78, 5) is 21.9. The molecule has 1 N–H and O–H groups in total. The van der Waals surface area contributed by atoms with Gasteiger partial charge in [-0.25, -0.2) is 0 Å². The molecule has 1 aliphatic rings. The zero-order valence-electron chi connectivity index (χ0n) is 11.5. The molecule has 1 aromatic rings. The lowest BCUT2D eigenvalue weighted by Crippen LogP contribution is -2.38. The van der Waals surface area contributed by atoms with Crippen LogP contribution in [-0.2, 0) is 4.79 Å². The van der Waals surface area contributed by atoms with Gasteiger partial charge in [0.2, 0.25) is 0 Å². The second-order valence-corrected chi connectivity index (χ2v) is 5.47. The molecule has 0 atom stereocenters. The molecule has 0 saturated heterocycles. The second kappa shape index (κ2) is 7.26. The fraction of sp³-hybridized carbons (Fsp3) is 0.500. The van der Waals surface area contributed by atoms with Crippen LogP contribution in [-0.4, -0.2) is 23.5 Å². The predicted octanol–water partition coefficient (Wildman–Crippen LogP) is 3.08. The second-order valence-electron chi connectivity index (χ2n) is 5.06. The molecule has 0 radical (unpaired) electrons. The summed E-state index contributed by atoms with van der Waals surface area (Å²) in [6.45, 7) is -0.157. The van der Waals surface area contributed by atoms with Gasteiger partial charge in [0.25, 0.3) is 11.6 Å². The van der Waals surface area contributed by atoms with Gasteiger partial charge in [-0.15, -0.1) is 0 Å². The third kappa shape index (κ3) is 4.60. The van der Waals surface area contributed by atoms with Gasteiger partial charge in [-0.05, 0) is 25.0 Å². The van der Waals surface area contributed by atoms with E-state index in [1.54, 1.807) is 0 Å². The van der Waals surface area contributed by atoms with E-state index in [1.807, 2.05) is 0 Å². The molecule has 1 saturated carbocycles. The highest BCUT2D eigenvalue weighted by molar-refractivity contribution is 6.32. The molecule has 7 heteroatoms. The summed E-state index contributed by atoms with van der Waals surface area (Å²) in [7, 11) is 0. The molecule has 0 aromatic heterocycles. The number of nitro groups is 1. The zero-order valence-corrected chi connectivity index (χ0v) is 12.3. The minimum atomic E-state index is -0.586. The molecule has 21 heavy (non-hydrogen) atoms. The van der Waals surface area contributed by atoms with Crippen molar-refractivity contribution in [1.29, 1.82) is 0 Å². The van der Waals surface area contributed by atoms with Crippen LogP contribution in [0.2, 0.25) is 5.02 Å². The highest BCUT2D eigenvalue weighted by atomic mass is 35.5. The molecule has 1 amide bonds. The fourth-order valence-corrected chi connectivity index (χ4v) is 2.57. The van der Waals surface area contributed by atoms with Crippen LogP contribution in [0.3, 0.4) is 0 Å². The average molecular weight is 313 g/mol. The van der Waals surface area contributed by atoms with Gasteiger partial charge in [-0.2, -0.15) is 0 Å². The summed E-state index contributed by atoms with van der Waals surface area (Å²) >= 11 is 5.71. The van der Waals surface area contributed by atoms with Crippen molar-refractivity contribution in [3.63, 3.8) is 0 Å². The SMILES string of the molecule is O=C(COc1ccc(Cl)c([N+](=O)[O-])c1)NC1CCCCC1. The minimum Gasteiger partial charge on any atom is -0.484 e. The Kier molecular flexibility index (Phi) is 5.38. The third-order valence-corrected chi connectivity index (χ3v) is 3.77. The molecule has 1 aromatic carbocycles. The van der Waals surface area contributed by atoms with Crippen LogP contribution in [0, 0.1) is 10.1 Å². The summed E-state index contributed by atoms with van der Waals surface area (Å²) < 4.78 is 5.28. The van der Waals surface area contributed by atoms with E-state index in [9.17, 15) is 14.9 Å². The predicted molar refractivity (Wildman–Crippen MR) is 78.6 cm³/mol. The molecule has 2 rings (SSSR count).